The highest BCUT2D eigenvalue weighted by atomic mass is 16.5. The third-order valence-corrected chi connectivity index (χ3v) is 4.44. The van der Waals surface area contributed by atoms with E-state index >= 15 is 0 Å². The van der Waals surface area contributed by atoms with Crippen LogP contribution in [0.15, 0.2) is 27.5 Å². The van der Waals surface area contributed by atoms with Crippen LogP contribution in [0.1, 0.15) is 44.4 Å². The molecular formula is C17H21N3O5. The van der Waals surface area contributed by atoms with E-state index < -0.39 is 5.97 Å². The zero-order valence-electron chi connectivity index (χ0n) is 13.9. The Labute approximate surface area is 144 Å². The lowest BCUT2D eigenvalue weighted by Crippen LogP contribution is -2.44. The van der Waals surface area contributed by atoms with Crippen LogP contribution in [-0.4, -0.2) is 44.6 Å². The molecule has 2 aromatic heterocycles. The van der Waals surface area contributed by atoms with Gasteiger partial charge in [-0.2, -0.15) is 4.98 Å². The first kappa shape index (κ1) is 17.2. The molecule has 1 fully saturated rings. The summed E-state index contributed by atoms with van der Waals surface area (Å²) in [6, 6.07) is 1.75. The van der Waals surface area contributed by atoms with Gasteiger partial charge in [0, 0.05) is 31.8 Å². The summed E-state index contributed by atoms with van der Waals surface area (Å²) in [7, 11) is 0. The van der Waals surface area contributed by atoms with Crippen molar-refractivity contribution in [2.75, 3.05) is 6.54 Å². The average molecular weight is 347 g/mol. The summed E-state index contributed by atoms with van der Waals surface area (Å²) in [4.78, 5) is 29.4. The normalized spacial score (nSPS) is 17.6. The summed E-state index contributed by atoms with van der Waals surface area (Å²) < 4.78 is 10.2. The zero-order valence-corrected chi connectivity index (χ0v) is 13.9. The van der Waals surface area contributed by atoms with Gasteiger partial charge in [-0.15, -0.1) is 0 Å². The molecule has 0 saturated carbocycles. The minimum atomic E-state index is -0.824. The number of aryl methyl sites for hydroxylation is 1. The Hall–Kier alpha value is -2.64. The highest BCUT2D eigenvalue weighted by Crippen LogP contribution is 2.22. The number of hydrogen-bond acceptors (Lipinski definition) is 6. The topological polar surface area (TPSA) is 110 Å². The second kappa shape index (κ2) is 7.96. The fourth-order valence-electron chi connectivity index (χ4n) is 3.14. The first-order valence-electron chi connectivity index (χ1n) is 8.50. The maximum Gasteiger partial charge on any atom is 0.303 e. The van der Waals surface area contributed by atoms with Crippen LogP contribution in [0.5, 0.6) is 0 Å². The van der Waals surface area contributed by atoms with Gasteiger partial charge in [-0.25, -0.2) is 0 Å². The number of carbonyl (C=O) groups is 2. The van der Waals surface area contributed by atoms with Crippen LogP contribution in [0.2, 0.25) is 0 Å². The summed E-state index contributed by atoms with van der Waals surface area (Å²) >= 11 is 0. The molecule has 25 heavy (non-hydrogen) atoms. The zero-order chi connectivity index (χ0) is 17.6. The van der Waals surface area contributed by atoms with Gasteiger partial charge in [-0.1, -0.05) is 5.16 Å². The molecule has 0 radical (unpaired) electrons. The molecule has 8 heteroatoms. The van der Waals surface area contributed by atoms with Crippen LogP contribution in [0.4, 0.5) is 0 Å². The molecule has 1 atom stereocenters. The van der Waals surface area contributed by atoms with E-state index in [-0.39, 0.29) is 24.8 Å². The highest BCUT2D eigenvalue weighted by molar-refractivity contribution is 5.77. The molecule has 0 aromatic carbocycles. The van der Waals surface area contributed by atoms with E-state index in [0.29, 0.717) is 31.1 Å². The largest absolute Gasteiger partial charge is 0.481 e. The van der Waals surface area contributed by atoms with E-state index in [0.717, 1.165) is 24.8 Å². The Bertz CT molecular complexity index is 710. The highest BCUT2D eigenvalue weighted by Gasteiger charge is 2.27. The number of rotatable bonds is 7. The van der Waals surface area contributed by atoms with Crippen LogP contribution in [-0.2, 0) is 16.0 Å². The quantitative estimate of drug-likeness (QED) is 0.819. The van der Waals surface area contributed by atoms with Gasteiger partial charge < -0.3 is 18.9 Å². The molecule has 0 bridgehead atoms. The Morgan fingerprint density at radius 2 is 2.20 bits per heavy atom. The van der Waals surface area contributed by atoms with E-state index in [4.69, 9.17) is 14.0 Å². The molecule has 134 valence electrons. The van der Waals surface area contributed by atoms with Crippen molar-refractivity contribution in [2.45, 2.75) is 51.0 Å². The van der Waals surface area contributed by atoms with Crippen LogP contribution in [0, 0.1) is 0 Å². The fourth-order valence-corrected chi connectivity index (χ4v) is 3.14. The maximum absolute atomic E-state index is 12.5. The lowest BCUT2D eigenvalue weighted by molar-refractivity contribution is -0.140. The lowest BCUT2D eigenvalue weighted by atomic mass is 9.97. The van der Waals surface area contributed by atoms with Gasteiger partial charge in [0.2, 0.25) is 17.6 Å². The van der Waals surface area contributed by atoms with Crippen LogP contribution in [0.25, 0.3) is 11.4 Å². The number of aromatic nitrogens is 2. The smallest absolute Gasteiger partial charge is 0.303 e. The number of carbonyl (C=O) groups excluding carboxylic acids is 1. The van der Waals surface area contributed by atoms with Gasteiger partial charge in [0.25, 0.3) is 0 Å². The number of furan rings is 1. The second-order valence-corrected chi connectivity index (χ2v) is 6.19. The van der Waals surface area contributed by atoms with Crippen molar-refractivity contribution in [1.82, 2.24) is 15.0 Å². The van der Waals surface area contributed by atoms with Crippen molar-refractivity contribution in [3.05, 3.63) is 24.5 Å². The lowest BCUT2D eigenvalue weighted by Gasteiger charge is -2.35. The van der Waals surface area contributed by atoms with Gasteiger partial charge in [0.15, 0.2) is 0 Å². The number of piperidine rings is 1. The van der Waals surface area contributed by atoms with Crippen molar-refractivity contribution in [3.63, 3.8) is 0 Å². The molecule has 3 rings (SSSR count). The van der Waals surface area contributed by atoms with Gasteiger partial charge in [-0.05, 0) is 31.7 Å². The van der Waals surface area contributed by atoms with Crippen molar-refractivity contribution in [1.29, 1.82) is 0 Å². The minimum absolute atomic E-state index is 0.0122. The summed E-state index contributed by atoms with van der Waals surface area (Å²) in [6.07, 6.45) is 7.15. The van der Waals surface area contributed by atoms with E-state index in [1.165, 1.54) is 12.5 Å². The molecule has 1 N–H and O–H groups in total. The van der Waals surface area contributed by atoms with E-state index in [1.54, 1.807) is 6.07 Å². The number of likely N-dealkylation sites (tertiary alicyclic amines) is 1. The molecule has 1 aliphatic rings. The maximum atomic E-state index is 12.5. The first-order chi connectivity index (χ1) is 12.1. The van der Waals surface area contributed by atoms with Crippen LogP contribution < -0.4 is 0 Å². The van der Waals surface area contributed by atoms with Gasteiger partial charge in [0.05, 0.1) is 11.8 Å². The number of carboxylic acid groups (broad SMARTS) is 1. The van der Waals surface area contributed by atoms with Gasteiger partial charge >= 0.3 is 5.97 Å². The molecular weight excluding hydrogens is 326 g/mol. The summed E-state index contributed by atoms with van der Waals surface area (Å²) in [5, 5.41) is 12.7. The Morgan fingerprint density at radius 3 is 2.96 bits per heavy atom. The molecule has 1 saturated heterocycles. The van der Waals surface area contributed by atoms with Crippen LogP contribution >= 0.6 is 0 Å². The number of carboxylic acids is 1. The molecule has 0 spiro atoms. The predicted molar refractivity (Wildman–Crippen MR) is 86.5 cm³/mol. The summed E-state index contributed by atoms with van der Waals surface area (Å²) in [6.45, 7) is 0.688. The SMILES string of the molecule is O=C(O)CCC1CCCCN1C(=O)CCc1nc(-c2ccoc2)no1. The average Bonchev–Trinajstić information content (AvgIpc) is 3.29. The predicted octanol–water partition coefficient (Wildman–Crippen LogP) is 2.51. The fraction of sp³-hybridized carbons (Fsp3) is 0.529. The van der Waals surface area contributed by atoms with Crippen molar-refractivity contribution >= 4 is 11.9 Å². The molecule has 3 heterocycles. The number of aliphatic carboxylic acids is 1. The summed E-state index contributed by atoms with van der Waals surface area (Å²) in [5.74, 6) is 0.0332. The first-order valence-corrected chi connectivity index (χ1v) is 8.50. The number of nitrogens with zero attached hydrogens (tertiary/aromatic N) is 3. The monoisotopic (exact) mass is 347 g/mol. The third kappa shape index (κ3) is 4.46. The van der Waals surface area contributed by atoms with Crippen molar-refractivity contribution < 1.29 is 23.6 Å². The van der Waals surface area contributed by atoms with Gasteiger partial charge in [-0.3, -0.25) is 9.59 Å². The second-order valence-electron chi connectivity index (χ2n) is 6.19. The van der Waals surface area contributed by atoms with Crippen molar-refractivity contribution in [2.24, 2.45) is 0 Å². The van der Waals surface area contributed by atoms with E-state index in [1.807, 2.05) is 4.90 Å². The Kier molecular flexibility index (Phi) is 5.47. The molecule has 8 nitrogen and oxygen atoms in total. The minimum Gasteiger partial charge on any atom is -0.481 e. The number of amides is 1. The van der Waals surface area contributed by atoms with E-state index in [9.17, 15) is 9.59 Å². The summed E-state index contributed by atoms with van der Waals surface area (Å²) in [5.41, 5.74) is 0.728. The molecule has 2 aromatic rings. The number of hydrogen-bond donors (Lipinski definition) is 1. The van der Waals surface area contributed by atoms with Crippen LogP contribution in [0.3, 0.4) is 0 Å². The molecule has 1 amide bonds. The molecule has 1 unspecified atom stereocenters. The molecule has 1 aliphatic heterocycles. The third-order valence-electron chi connectivity index (χ3n) is 4.44. The standard InChI is InChI=1S/C17H21N3O5/c21-15(20-9-2-1-3-13(20)4-7-16(22)23)6-5-14-18-17(19-25-14)12-8-10-24-11-12/h8,10-11,13H,1-7,9H2,(H,22,23). The Morgan fingerprint density at radius 1 is 1.32 bits per heavy atom. The van der Waals surface area contributed by atoms with E-state index in [2.05, 4.69) is 10.1 Å². The Balaban J connectivity index is 1.54. The molecule has 0 aliphatic carbocycles. The van der Waals surface area contributed by atoms with Gasteiger partial charge in [0.1, 0.15) is 6.26 Å². The van der Waals surface area contributed by atoms with Crippen molar-refractivity contribution in [3.8, 4) is 11.4 Å².